The predicted octanol–water partition coefficient (Wildman–Crippen LogP) is 2.27. The molecule has 13 heavy (non-hydrogen) atoms. The van der Waals surface area contributed by atoms with Gasteiger partial charge in [0.1, 0.15) is 0 Å². The predicted molar refractivity (Wildman–Crippen MR) is 53.6 cm³/mol. The topological polar surface area (TPSA) is 29.5 Å². The van der Waals surface area contributed by atoms with E-state index < -0.39 is 11.2 Å². The molecule has 1 aliphatic heterocycles. The van der Waals surface area contributed by atoms with Crippen molar-refractivity contribution in [3.05, 3.63) is 12.7 Å². The minimum Gasteiger partial charge on any atom is -0.386 e. The van der Waals surface area contributed by atoms with E-state index in [-0.39, 0.29) is 5.60 Å². The molecule has 1 fully saturated rings. The summed E-state index contributed by atoms with van der Waals surface area (Å²) in [5, 5.41) is 10.4. The molecule has 2 nitrogen and oxygen atoms in total. The third kappa shape index (κ3) is 1.79. The van der Waals surface area contributed by atoms with Gasteiger partial charge in [-0.2, -0.15) is 0 Å². The number of hydrogen-bond donors (Lipinski definition) is 1. The highest BCUT2D eigenvalue weighted by Gasteiger charge is 2.55. The van der Waals surface area contributed by atoms with Crippen LogP contribution in [0.4, 0.5) is 0 Å². The molecule has 1 N–H and O–H groups in total. The van der Waals surface area contributed by atoms with E-state index in [1.807, 2.05) is 27.7 Å². The Morgan fingerprint density at radius 3 is 2.23 bits per heavy atom. The van der Waals surface area contributed by atoms with Crippen LogP contribution >= 0.6 is 0 Å². The lowest BCUT2D eigenvalue weighted by Gasteiger charge is -2.34. The summed E-state index contributed by atoms with van der Waals surface area (Å²) in [6.07, 6.45) is 3.01. The van der Waals surface area contributed by atoms with Gasteiger partial charge in [0.15, 0.2) is 0 Å². The molecule has 0 saturated carbocycles. The lowest BCUT2D eigenvalue weighted by atomic mass is 9.80. The largest absolute Gasteiger partial charge is 0.386 e. The minimum atomic E-state index is -0.766. The highest BCUT2D eigenvalue weighted by atomic mass is 16.5. The monoisotopic (exact) mass is 184 g/mol. The van der Waals surface area contributed by atoms with Crippen molar-refractivity contribution >= 4 is 0 Å². The standard InChI is InChI=1S/C11H20O2/c1-6-7-11(12)8-9(2,3)13-10(11,4)5/h6,12H,1,7-8H2,2-5H3. The first-order valence-electron chi connectivity index (χ1n) is 4.76. The zero-order valence-corrected chi connectivity index (χ0v) is 9.05. The van der Waals surface area contributed by atoms with Crippen LogP contribution in [0.3, 0.4) is 0 Å². The molecular weight excluding hydrogens is 164 g/mol. The smallest absolute Gasteiger partial charge is 0.0992 e. The summed E-state index contributed by atoms with van der Waals surface area (Å²) in [5.41, 5.74) is -1.48. The lowest BCUT2D eigenvalue weighted by Crippen LogP contribution is -2.45. The molecule has 0 bridgehead atoms. The molecule has 2 heteroatoms. The van der Waals surface area contributed by atoms with Crippen LogP contribution in [-0.4, -0.2) is 21.9 Å². The summed E-state index contributed by atoms with van der Waals surface area (Å²) in [4.78, 5) is 0. The molecule has 0 amide bonds. The number of ether oxygens (including phenoxy) is 1. The lowest BCUT2D eigenvalue weighted by molar-refractivity contribution is -0.124. The van der Waals surface area contributed by atoms with Gasteiger partial charge in [0.05, 0.1) is 16.8 Å². The Labute approximate surface area is 80.6 Å². The Bertz CT molecular complexity index is 218. The van der Waals surface area contributed by atoms with Gasteiger partial charge in [-0.15, -0.1) is 6.58 Å². The molecule has 0 aromatic heterocycles. The summed E-state index contributed by atoms with van der Waals surface area (Å²) < 4.78 is 5.81. The molecule has 1 atom stereocenters. The normalized spacial score (nSPS) is 36.1. The van der Waals surface area contributed by atoms with Crippen molar-refractivity contribution in [2.24, 2.45) is 0 Å². The van der Waals surface area contributed by atoms with Crippen LogP contribution in [0.5, 0.6) is 0 Å². The maximum Gasteiger partial charge on any atom is 0.0992 e. The van der Waals surface area contributed by atoms with Gasteiger partial charge < -0.3 is 9.84 Å². The fraction of sp³-hybridized carbons (Fsp3) is 0.818. The van der Waals surface area contributed by atoms with E-state index in [0.717, 1.165) is 0 Å². The minimum absolute atomic E-state index is 0.235. The Morgan fingerprint density at radius 2 is 1.92 bits per heavy atom. The fourth-order valence-corrected chi connectivity index (χ4v) is 2.30. The highest BCUT2D eigenvalue weighted by molar-refractivity contribution is 5.08. The molecule has 0 radical (unpaired) electrons. The highest BCUT2D eigenvalue weighted by Crippen LogP contribution is 2.46. The number of rotatable bonds is 2. The molecule has 0 spiro atoms. The third-order valence-corrected chi connectivity index (χ3v) is 2.85. The Balaban J connectivity index is 2.92. The van der Waals surface area contributed by atoms with Crippen LogP contribution in [0.25, 0.3) is 0 Å². The van der Waals surface area contributed by atoms with Crippen LogP contribution in [0.15, 0.2) is 12.7 Å². The maximum absolute atomic E-state index is 10.4. The van der Waals surface area contributed by atoms with Gasteiger partial charge >= 0.3 is 0 Å². The van der Waals surface area contributed by atoms with Crippen molar-refractivity contribution < 1.29 is 9.84 Å². The summed E-state index contributed by atoms with van der Waals surface area (Å²) in [6, 6.07) is 0. The zero-order valence-electron chi connectivity index (χ0n) is 9.05. The fourth-order valence-electron chi connectivity index (χ4n) is 2.30. The first-order valence-corrected chi connectivity index (χ1v) is 4.76. The molecule has 0 aromatic rings. The zero-order chi connectivity index (χ0) is 10.3. The van der Waals surface area contributed by atoms with Crippen LogP contribution in [0.2, 0.25) is 0 Å². The van der Waals surface area contributed by atoms with Crippen molar-refractivity contribution in [1.29, 1.82) is 0 Å². The first-order chi connectivity index (χ1) is 5.72. The average Bonchev–Trinajstić information content (AvgIpc) is 1.96. The van der Waals surface area contributed by atoms with Gasteiger partial charge in [-0.3, -0.25) is 0 Å². The van der Waals surface area contributed by atoms with Gasteiger partial charge in [-0.05, 0) is 34.1 Å². The van der Waals surface area contributed by atoms with E-state index in [1.54, 1.807) is 6.08 Å². The summed E-state index contributed by atoms with van der Waals surface area (Å²) in [5.74, 6) is 0. The van der Waals surface area contributed by atoms with E-state index in [2.05, 4.69) is 6.58 Å². The van der Waals surface area contributed by atoms with Gasteiger partial charge in [0.2, 0.25) is 0 Å². The van der Waals surface area contributed by atoms with E-state index in [4.69, 9.17) is 4.74 Å². The van der Waals surface area contributed by atoms with Crippen LogP contribution in [0.1, 0.15) is 40.5 Å². The summed E-state index contributed by atoms with van der Waals surface area (Å²) in [7, 11) is 0. The quantitative estimate of drug-likeness (QED) is 0.667. The van der Waals surface area contributed by atoms with E-state index in [0.29, 0.717) is 12.8 Å². The summed E-state index contributed by atoms with van der Waals surface area (Å²) in [6.45, 7) is 11.6. The molecule has 1 aliphatic rings. The van der Waals surface area contributed by atoms with Gasteiger partial charge in [0.25, 0.3) is 0 Å². The molecule has 0 aliphatic carbocycles. The second-order valence-electron chi connectivity index (χ2n) is 5.07. The van der Waals surface area contributed by atoms with Crippen LogP contribution < -0.4 is 0 Å². The van der Waals surface area contributed by atoms with E-state index in [1.165, 1.54) is 0 Å². The third-order valence-electron chi connectivity index (χ3n) is 2.85. The molecule has 1 heterocycles. The van der Waals surface area contributed by atoms with Crippen molar-refractivity contribution in [1.82, 2.24) is 0 Å². The van der Waals surface area contributed by atoms with Crippen LogP contribution in [0, 0.1) is 0 Å². The van der Waals surface area contributed by atoms with Crippen molar-refractivity contribution in [2.75, 3.05) is 0 Å². The SMILES string of the molecule is C=CCC1(O)CC(C)(C)OC1(C)C. The van der Waals surface area contributed by atoms with Crippen molar-refractivity contribution in [3.63, 3.8) is 0 Å². The van der Waals surface area contributed by atoms with Crippen molar-refractivity contribution in [3.8, 4) is 0 Å². The maximum atomic E-state index is 10.4. The average molecular weight is 184 g/mol. The Morgan fingerprint density at radius 1 is 1.38 bits per heavy atom. The molecule has 1 rings (SSSR count). The Kier molecular flexibility index (Phi) is 2.33. The first kappa shape index (κ1) is 10.7. The molecule has 0 aromatic carbocycles. The molecule has 1 unspecified atom stereocenters. The molecular formula is C11H20O2. The molecule has 1 saturated heterocycles. The molecule has 76 valence electrons. The van der Waals surface area contributed by atoms with Gasteiger partial charge in [-0.25, -0.2) is 0 Å². The van der Waals surface area contributed by atoms with Crippen molar-refractivity contribution in [2.45, 2.75) is 57.3 Å². The van der Waals surface area contributed by atoms with E-state index >= 15 is 0 Å². The van der Waals surface area contributed by atoms with Gasteiger partial charge in [-0.1, -0.05) is 6.08 Å². The van der Waals surface area contributed by atoms with Crippen LogP contribution in [-0.2, 0) is 4.74 Å². The number of hydrogen-bond acceptors (Lipinski definition) is 2. The Hall–Kier alpha value is -0.340. The van der Waals surface area contributed by atoms with Gasteiger partial charge in [0, 0.05) is 6.42 Å². The summed E-state index contributed by atoms with van der Waals surface area (Å²) >= 11 is 0. The second kappa shape index (κ2) is 2.82. The second-order valence-corrected chi connectivity index (χ2v) is 5.07. The van der Waals surface area contributed by atoms with E-state index in [9.17, 15) is 5.11 Å². The number of aliphatic hydroxyl groups is 1.